The second kappa shape index (κ2) is 6.23. The number of rotatable bonds is 4. The number of halogens is 1. The second-order valence-corrected chi connectivity index (χ2v) is 4.91. The van der Waals surface area contributed by atoms with Gasteiger partial charge in [0.25, 0.3) is 0 Å². The minimum absolute atomic E-state index is 0.309. The number of benzene rings is 1. The molecule has 0 aromatic heterocycles. The SMILES string of the molecule is CNCc1ccc(N2CCOCC2C(N)=O)c(Cl)c1. The van der Waals surface area contributed by atoms with Gasteiger partial charge in [0.15, 0.2) is 0 Å². The Kier molecular flexibility index (Phi) is 4.63. The van der Waals surface area contributed by atoms with Gasteiger partial charge in [-0.2, -0.15) is 0 Å². The summed E-state index contributed by atoms with van der Waals surface area (Å²) in [5.41, 5.74) is 7.33. The summed E-state index contributed by atoms with van der Waals surface area (Å²) in [6, 6.07) is 5.36. The van der Waals surface area contributed by atoms with Gasteiger partial charge in [0.2, 0.25) is 5.91 Å². The molecule has 1 fully saturated rings. The monoisotopic (exact) mass is 283 g/mol. The van der Waals surface area contributed by atoms with Gasteiger partial charge in [-0.05, 0) is 24.7 Å². The lowest BCUT2D eigenvalue weighted by Crippen LogP contribution is -2.52. The molecule has 3 N–H and O–H groups in total. The van der Waals surface area contributed by atoms with Crippen LogP contribution in [0.4, 0.5) is 5.69 Å². The Bertz CT molecular complexity index is 467. The molecule has 19 heavy (non-hydrogen) atoms. The lowest BCUT2D eigenvalue weighted by Gasteiger charge is -2.36. The molecular formula is C13H18ClN3O2. The first-order chi connectivity index (χ1) is 9.13. The Balaban J connectivity index is 2.26. The van der Waals surface area contributed by atoms with Crippen molar-refractivity contribution in [3.8, 4) is 0 Å². The van der Waals surface area contributed by atoms with Gasteiger partial charge >= 0.3 is 0 Å². The Morgan fingerprint density at radius 1 is 1.63 bits per heavy atom. The van der Waals surface area contributed by atoms with Gasteiger partial charge in [0.1, 0.15) is 6.04 Å². The maximum atomic E-state index is 11.5. The Morgan fingerprint density at radius 2 is 2.42 bits per heavy atom. The summed E-state index contributed by atoms with van der Waals surface area (Å²) >= 11 is 6.31. The molecule has 0 aliphatic carbocycles. The van der Waals surface area contributed by atoms with E-state index in [4.69, 9.17) is 22.1 Å². The highest BCUT2D eigenvalue weighted by Crippen LogP contribution is 2.29. The van der Waals surface area contributed by atoms with Gasteiger partial charge in [0, 0.05) is 13.1 Å². The Morgan fingerprint density at radius 3 is 3.05 bits per heavy atom. The summed E-state index contributed by atoms with van der Waals surface area (Å²) in [7, 11) is 1.88. The zero-order valence-corrected chi connectivity index (χ0v) is 11.6. The fourth-order valence-corrected chi connectivity index (χ4v) is 2.54. The van der Waals surface area contributed by atoms with Crippen molar-refractivity contribution < 1.29 is 9.53 Å². The Hall–Kier alpha value is -1.30. The minimum Gasteiger partial charge on any atom is -0.377 e. The smallest absolute Gasteiger partial charge is 0.242 e. The molecule has 0 bridgehead atoms. The van der Waals surface area contributed by atoms with Crippen LogP contribution in [0.15, 0.2) is 18.2 Å². The summed E-state index contributed by atoms with van der Waals surface area (Å²) in [5.74, 6) is -0.393. The van der Waals surface area contributed by atoms with Crippen LogP contribution < -0.4 is 16.0 Å². The second-order valence-electron chi connectivity index (χ2n) is 4.50. The normalized spacial score (nSPS) is 19.5. The number of nitrogens with two attached hydrogens (primary N) is 1. The fraction of sp³-hybridized carbons (Fsp3) is 0.462. The van der Waals surface area contributed by atoms with Gasteiger partial charge in [-0.25, -0.2) is 0 Å². The van der Waals surface area contributed by atoms with E-state index in [9.17, 15) is 4.79 Å². The molecule has 1 aromatic carbocycles. The number of morpholine rings is 1. The molecule has 1 amide bonds. The molecule has 1 saturated heterocycles. The molecule has 6 heteroatoms. The van der Waals surface area contributed by atoms with E-state index in [2.05, 4.69) is 5.32 Å². The zero-order valence-electron chi connectivity index (χ0n) is 10.9. The lowest BCUT2D eigenvalue weighted by atomic mass is 10.1. The number of hydrogen-bond acceptors (Lipinski definition) is 4. The predicted octanol–water partition coefficient (Wildman–Crippen LogP) is 0.750. The van der Waals surface area contributed by atoms with Crippen LogP contribution in [-0.4, -0.2) is 38.8 Å². The van der Waals surface area contributed by atoms with Crippen LogP contribution in [0.1, 0.15) is 5.56 Å². The first kappa shape index (κ1) is 14.1. The third kappa shape index (κ3) is 3.18. The molecule has 1 atom stereocenters. The van der Waals surface area contributed by atoms with Crippen LogP contribution in [0.3, 0.4) is 0 Å². The number of nitrogens with one attached hydrogen (secondary N) is 1. The van der Waals surface area contributed by atoms with Crippen LogP contribution in [-0.2, 0) is 16.1 Å². The molecule has 0 saturated carbocycles. The topological polar surface area (TPSA) is 67.6 Å². The molecule has 1 aliphatic heterocycles. The molecule has 5 nitrogen and oxygen atoms in total. The molecule has 1 aromatic rings. The molecule has 0 radical (unpaired) electrons. The van der Waals surface area contributed by atoms with Gasteiger partial charge in [0.05, 0.1) is 23.9 Å². The van der Waals surface area contributed by atoms with Crippen LogP contribution in [0.25, 0.3) is 0 Å². The van der Waals surface area contributed by atoms with Gasteiger partial charge < -0.3 is 20.7 Å². The largest absolute Gasteiger partial charge is 0.377 e. The first-order valence-electron chi connectivity index (χ1n) is 6.20. The Labute approximate surface area is 117 Å². The summed E-state index contributed by atoms with van der Waals surface area (Å²) in [5, 5.41) is 3.70. The van der Waals surface area contributed by atoms with Gasteiger partial charge in [-0.3, -0.25) is 4.79 Å². The van der Waals surface area contributed by atoms with Crippen molar-refractivity contribution in [2.24, 2.45) is 5.73 Å². The third-order valence-corrected chi connectivity index (χ3v) is 3.46. The molecule has 0 spiro atoms. The number of nitrogens with zero attached hydrogens (tertiary/aromatic N) is 1. The molecule has 104 valence electrons. The number of anilines is 1. The maximum Gasteiger partial charge on any atom is 0.242 e. The molecule has 2 rings (SSSR count). The highest BCUT2D eigenvalue weighted by Gasteiger charge is 2.29. The fourth-order valence-electron chi connectivity index (χ4n) is 2.23. The van der Waals surface area contributed by atoms with Gasteiger partial charge in [-0.15, -0.1) is 0 Å². The van der Waals surface area contributed by atoms with Crippen LogP contribution in [0, 0.1) is 0 Å². The molecule has 1 aliphatic rings. The molecule has 1 unspecified atom stereocenters. The van der Waals surface area contributed by atoms with Crippen LogP contribution in [0.2, 0.25) is 5.02 Å². The van der Waals surface area contributed by atoms with Crippen molar-refractivity contribution in [1.29, 1.82) is 0 Å². The van der Waals surface area contributed by atoms with E-state index in [0.29, 0.717) is 24.8 Å². The average Bonchev–Trinajstić information content (AvgIpc) is 2.39. The number of amides is 1. The van der Waals surface area contributed by atoms with Crippen molar-refractivity contribution in [2.75, 3.05) is 31.7 Å². The van der Waals surface area contributed by atoms with Crippen LogP contribution >= 0.6 is 11.6 Å². The number of carbonyl (C=O) groups excluding carboxylic acids is 1. The zero-order chi connectivity index (χ0) is 13.8. The first-order valence-corrected chi connectivity index (χ1v) is 6.58. The highest BCUT2D eigenvalue weighted by atomic mass is 35.5. The number of carbonyl (C=O) groups is 1. The standard InChI is InChI=1S/C13H18ClN3O2/c1-16-7-9-2-3-11(10(14)6-9)17-4-5-19-8-12(17)13(15)18/h2-3,6,12,16H,4-5,7-8H2,1H3,(H2,15,18). The van der Waals surface area contributed by atoms with E-state index in [1.807, 2.05) is 30.1 Å². The quantitative estimate of drug-likeness (QED) is 0.856. The summed E-state index contributed by atoms with van der Waals surface area (Å²) in [6.45, 7) is 2.24. The number of ether oxygens (including phenoxy) is 1. The summed E-state index contributed by atoms with van der Waals surface area (Å²) in [4.78, 5) is 13.4. The average molecular weight is 284 g/mol. The van der Waals surface area contributed by atoms with Crippen molar-refractivity contribution in [1.82, 2.24) is 5.32 Å². The van der Waals surface area contributed by atoms with E-state index >= 15 is 0 Å². The number of hydrogen-bond donors (Lipinski definition) is 2. The van der Waals surface area contributed by atoms with E-state index in [0.717, 1.165) is 17.8 Å². The lowest BCUT2D eigenvalue weighted by molar-refractivity contribution is -0.121. The highest BCUT2D eigenvalue weighted by molar-refractivity contribution is 6.33. The van der Waals surface area contributed by atoms with E-state index in [1.165, 1.54) is 0 Å². The molecule has 1 heterocycles. The summed E-state index contributed by atoms with van der Waals surface area (Å²) in [6.07, 6.45) is 0. The third-order valence-electron chi connectivity index (χ3n) is 3.16. The molecular weight excluding hydrogens is 266 g/mol. The van der Waals surface area contributed by atoms with Gasteiger partial charge in [-0.1, -0.05) is 17.7 Å². The van der Waals surface area contributed by atoms with Crippen molar-refractivity contribution >= 4 is 23.2 Å². The maximum absolute atomic E-state index is 11.5. The summed E-state index contributed by atoms with van der Waals surface area (Å²) < 4.78 is 5.30. The number of primary amides is 1. The van der Waals surface area contributed by atoms with E-state index in [1.54, 1.807) is 0 Å². The van der Waals surface area contributed by atoms with E-state index < -0.39 is 11.9 Å². The van der Waals surface area contributed by atoms with Crippen molar-refractivity contribution in [2.45, 2.75) is 12.6 Å². The van der Waals surface area contributed by atoms with Crippen LogP contribution in [0.5, 0.6) is 0 Å². The minimum atomic E-state index is -0.457. The van der Waals surface area contributed by atoms with E-state index in [-0.39, 0.29) is 0 Å². The van der Waals surface area contributed by atoms with Crippen molar-refractivity contribution in [3.05, 3.63) is 28.8 Å². The van der Waals surface area contributed by atoms with Crippen molar-refractivity contribution in [3.63, 3.8) is 0 Å². The predicted molar refractivity (Wildman–Crippen MR) is 75.4 cm³/mol.